The summed E-state index contributed by atoms with van der Waals surface area (Å²) in [6, 6.07) is 17.2. The molecule has 1 aromatic heterocycles. The van der Waals surface area contributed by atoms with Crippen LogP contribution in [0.25, 0.3) is 0 Å². The Kier molecular flexibility index (Phi) is 5.62. The van der Waals surface area contributed by atoms with Crippen LogP contribution in [0.2, 0.25) is 0 Å². The molecule has 1 heterocycles. The quantitative estimate of drug-likeness (QED) is 0.677. The number of benzene rings is 2. The number of carbonyl (C=O) groups is 1. The van der Waals surface area contributed by atoms with Crippen molar-refractivity contribution in [1.29, 1.82) is 5.26 Å². The Morgan fingerprint density at radius 2 is 1.96 bits per heavy atom. The van der Waals surface area contributed by atoms with Gasteiger partial charge >= 0.3 is 0 Å². The highest BCUT2D eigenvalue weighted by atomic mass is 32.1. The van der Waals surface area contributed by atoms with Crippen LogP contribution in [0.1, 0.15) is 23.7 Å². The Bertz CT molecular complexity index is 941. The van der Waals surface area contributed by atoms with Gasteiger partial charge in [0, 0.05) is 11.1 Å². The average Bonchev–Trinajstić information content (AvgIpc) is 3.09. The Morgan fingerprint density at radius 1 is 1.19 bits per heavy atom. The van der Waals surface area contributed by atoms with E-state index in [9.17, 15) is 4.79 Å². The van der Waals surface area contributed by atoms with Gasteiger partial charge in [-0.1, -0.05) is 31.2 Å². The molecule has 0 aliphatic rings. The highest BCUT2D eigenvalue weighted by Crippen LogP contribution is 2.22. The lowest BCUT2D eigenvalue weighted by atomic mass is 10.1. The van der Waals surface area contributed by atoms with Crippen molar-refractivity contribution in [3.05, 3.63) is 70.7 Å². The SMILES string of the molecule is CCc1ccc(Nc2nc(CC(=O)Nc3ccccc3C#N)cs2)cc1. The molecule has 1 amide bonds. The van der Waals surface area contributed by atoms with Crippen LogP contribution in [0.4, 0.5) is 16.5 Å². The van der Waals surface area contributed by atoms with E-state index in [4.69, 9.17) is 5.26 Å². The summed E-state index contributed by atoms with van der Waals surface area (Å²) in [7, 11) is 0. The number of nitriles is 1. The number of hydrogen-bond donors (Lipinski definition) is 2. The molecule has 3 aromatic rings. The first-order valence-corrected chi connectivity index (χ1v) is 9.15. The van der Waals surface area contributed by atoms with Crippen molar-refractivity contribution in [2.75, 3.05) is 10.6 Å². The summed E-state index contributed by atoms with van der Waals surface area (Å²) in [4.78, 5) is 16.7. The van der Waals surface area contributed by atoms with Crippen LogP contribution in [-0.2, 0) is 17.6 Å². The molecule has 26 heavy (non-hydrogen) atoms. The average molecular weight is 362 g/mol. The van der Waals surface area contributed by atoms with E-state index in [0.29, 0.717) is 16.9 Å². The molecule has 3 rings (SSSR count). The highest BCUT2D eigenvalue weighted by Gasteiger charge is 2.10. The minimum atomic E-state index is -0.197. The van der Waals surface area contributed by atoms with Gasteiger partial charge in [-0.3, -0.25) is 4.79 Å². The second-order valence-corrected chi connectivity index (χ2v) is 6.56. The maximum Gasteiger partial charge on any atom is 0.230 e. The number of hydrogen-bond acceptors (Lipinski definition) is 5. The van der Waals surface area contributed by atoms with Gasteiger partial charge in [0.15, 0.2) is 5.13 Å². The van der Waals surface area contributed by atoms with Gasteiger partial charge in [0.25, 0.3) is 0 Å². The summed E-state index contributed by atoms with van der Waals surface area (Å²) in [5.41, 5.74) is 3.90. The van der Waals surface area contributed by atoms with Crippen molar-refractivity contribution in [2.45, 2.75) is 19.8 Å². The Hall–Kier alpha value is -3.17. The number of thiazole rings is 1. The number of amides is 1. The molecular weight excluding hydrogens is 344 g/mol. The molecule has 6 heteroatoms. The van der Waals surface area contributed by atoms with Crippen LogP contribution >= 0.6 is 11.3 Å². The standard InChI is InChI=1S/C20H18N4OS/c1-2-14-7-9-16(10-8-14)22-20-23-17(13-26-20)11-19(25)24-18-6-4-3-5-15(18)12-21/h3-10,13H,2,11H2,1H3,(H,22,23)(H,24,25). The normalized spacial score (nSPS) is 10.2. The van der Waals surface area contributed by atoms with E-state index in [1.165, 1.54) is 16.9 Å². The van der Waals surface area contributed by atoms with Gasteiger partial charge in [-0.2, -0.15) is 5.26 Å². The van der Waals surface area contributed by atoms with E-state index in [1.807, 2.05) is 17.5 Å². The first kappa shape index (κ1) is 17.6. The second-order valence-electron chi connectivity index (χ2n) is 5.70. The number of nitrogens with one attached hydrogen (secondary N) is 2. The summed E-state index contributed by atoms with van der Waals surface area (Å²) in [5.74, 6) is -0.197. The van der Waals surface area contributed by atoms with E-state index in [1.54, 1.807) is 24.3 Å². The summed E-state index contributed by atoms with van der Waals surface area (Å²) in [6.07, 6.45) is 1.17. The smallest absolute Gasteiger partial charge is 0.230 e. The topological polar surface area (TPSA) is 77.8 Å². The monoisotopic (exact) mass is 362 g/mol. The highest BCUT2D eigenvalue weighted by molar-refractivity contribution is 7.13. The van der Waals surface area contributed by atoms with Crippen LogP contribution < -0.4 is 10.6 Å². The molecule has 0 fully saturated rings. The maximum atomic E-state index is 12.2. The van der Waals surface area contributed by atoms with E-state index in [2.05, 4.69) is 40.7 Å². The number of aromatic nitrogens is 1. The molecule has 0 saturated heterocycles. The molecule has 0 aliphatic heterocycles. The number of nitrogens with zero attached hydrogens (tertiary/aromatic N) is 2. The third kappa shape index (κ3) is 4.47. The summed E-state index contributed by atoms with van der Waals surface area (Å²) in [5, 5.41) is 17.7. The van der Waals surface area contributed by atoms with Crippen molar-refractivity contribution in [1.82, 2.24) is 4.98 Å². The Balaban J connectivity index is 1.60. The number of para-hydroxylation sites is 1. The van der Waals surface area contributed by atoms with Crippen LogP contribution in [0, 0.1) is 11.3 Å². The van der Waals surface area contributed by atoms with Crippen molar-refractivity contribution in [3.63, 3.8) is 0 Å². The number of rotatable bonds is 6. The minimum absolute atomic E-state index is 0.159. The molecule has 0 atom stereocenters. The predicted molar refractivity (Wildman–Crippen MR) is 105 cm³/mol. The van der Waals surface area contributed by atoms with Gasteiger partial charge in [0.05, 0.1) is 23.4 Å². The van der Waals surface area contributed by atoms with Gasteiger partial charge in [0.2, 0.25) is 5.91 Å². The molecule has 0 bridgehead atoms. The molecule has 0 spiro atoms. The van der Waals surface area contributed by atoms with Crippen molar-refractivity contribution in [2.24, 2.45) is 0 Å². The lowest BCUT2D eigenvalue weighted by Crippen LogP contribution is -2.15. The van der Waals surface area contributed by atoms with Gasteiger partial charge < -0.3 is 10.6 Å². The fraction of sp³-hybridized carbons (Fsp3) is 0.150. The number of aryl methyl sites for hydroxylation is 1. The predicted octanol–water partition coefficient (Wildman–Crippen LogP) is 4.50. The van der Waals surface area contributed by atoms with Crippen molar-refractivity contribution in [3.8, 4) is 6.07 Å². The van der Waals surface area contributed by atoms with Gasteiger partial charge in [-0.25, -0.2) is 4.98 Å². The van der Waals surface area contributed by atoms with Crippen LogP contribution in [0.15, 0.2) is 53.9 Å². The molecule has 130 valence electrons. The first-order valence-electron chi connectivity index (χ1n) is 8.27. The fourth-order valence-electron chi connectivity index (χ4n) is 2.44. The zero-order chi connectivity index (χ0) is 18.4. The number of carbonyl (C=O) groups excluding carboxylic acids is 1. The number of anilines is 3. The second kappa shape index (κ2) is 8.28. The molecule has 5 nitrogen and oxygen atoms in total. The lowest BCUT2D eigenvalue weighted by Gasteiger charge is -2.05. The molecule has 0 aliphatic carbocycles. The van der Waals surface area contributed by atoms with Gasteiger partial charge in [-0.15, -0.1) is 11.3 Å². The van der Waals surface area contributed by atoms with E-state index in [-0.39, 0.29) is 12.3 Å². The Morgan fingerprint density at radius 3 is 2.69 bits per heavy atom. The van der Waals surface area contributed by atoms with Crippen LogP contribution in [0.3, 0.4) is 0 Å². The molecule has 0 unspecified atom stereocenters. The molecular formula is C20H18N4OS. The van der Waals surface area contributed by atoms with Crippen LogP contribution in [0.5, 0.6) is 0 Å². The zero-order valence-corrected chi connectivity index (χ0v) is 15.1. The first-order chi connectivity index (χ1) is 12.7. The third-order valence-corrected chi connectivity index (χ3v) is 4.64. The third-order valence-electron chi connectivity index (χ3n) is 3.83. The largest absolute Gasteiger partial charge is 0.332 e. The van der Waals surface area contributed by atoms with Gasteiger partial charge in [-0.05, 0) is 36.2 Å². The molecule has 2 aromatic carbocycles. The fourth-order valence-corrected chi connectivity index (χ4v) is 3.17. The van der Waals surface area contributed by atoms with Crippen molar-refractivity contribution >= 4 is 33.8 Å². The van der Waals surface area contributed by atoms with E-state index in [0.717, 1.165) is 17.2 Å². The maximum absolute atomic E-state index is 12.2. The van der Waals surface area contributed by atoms with E-state index < -0.39 is 0 Å². The minimum Gasteiger partial charge on any atom is -0.332 e. The molecule has 2 N–H and O–H groups in total. The summed E-state index contributed by atoms with van der Waals surface area (Å²) < 4.78 is 0. The van der Waals surface area contributed by atoms with E-state index >= 15 is 0 Å². The summed E-state index contributed by atoms with van der Waals surface area (Å²) in [6.45, 7) is 2.12. The molecule has 0 radical (unpaired) electrons. The zero-order valence-electron chi connectivity index (χ0n) is 14.3. The van der Waals surface area contributed by atoms with Crippen molar-refractivity contribution < 1.29 is 4.79 Å². The van der Waals surface area contributed by atoms with Gasteiger partial charge in [0.1, 0.15) is 6.07 Å². The summed E-state index contributed by atoms with van der Waals surface area (Å²) >= 11 is 1.46. The molecule has 0 saturated carbocycles. The van der Waals surface area contributed by atoms with Crippen LogP contribution in [-0.4, -0.2) is 10.9 Å². The lowest BCUT2D eigenvalue weighted by molar-refractivity contribution is -0.115. The Labute approximate surface area is 156 Å².